The lowest BCUT2D eigenvalue weighted by atomic mass is 9.93. The first-order valence-electron chi connectivity index (χ1n) is 12.1. The Bertz CT molecular complexity index is 1360. The lowest BCUT2D eigenvalue weighted by Gasteiger charge is -2.44. The van der Waals surface area contributed by atoms with Gasteiger partial charge in [-0.2, -0.15) is 0 Å². The largest absolute Gasteiger partial charge is 0.496 e. The van der Waals surface area contributed by atoms with Gasteiger partial charge in [-0.3, -0.25) is 14.4 Å². The Hall–Kier alpha value is -4.34. The third-order valence-corrected chi connectivity index (χ3v) is 6.87. The van der Waals surface area contributed by atoms with Crippen LogP contribution in [0.4, 0.5) is 5.69 Å². The molecule has 2 N–H and O–H groups in total. The van der Waals surface area contributed by atoms with Gasteiger partial charge in [0.05, 0.1) is 32.8 Å². The third-order valence-electron chi connectivity index (χ3n) is 6.87. The van der Waals surface area contributed by atoms with Crippen LogP contribution in [-0.2, 0) is 17.9 Å². The predicted molar refractivity (Wildman–Crippen MR) is 136 cm³/mol. The van der Waals surface area contributed by atoms with Gasteiger partial charge in [0.2, 0.25) is 5.91 Å². The summed E-state index contributed by atoms with van der Waals surface area (Å²) >= 11 is 0. The van der Waals surface area contributed by atoms with Crippen LogP contribution < -0.4 is 20.1 Å². The molecular formula is C27H29N5O5. The van der Waals surface area contributed by atoms with Crippen molar-refractivity contribution in [2.24, 2.45) is 0 Å². The van der Waals surface area contributed by atoms with Crippen molar-refractivity contribution < 1.29 is 23.9 Å². The zero-order chi connectivity index (χ0) is 26.2. The van der Waals surface area contributed by atoms with Crippen LogP contribution in [0.15, 0.2) is 54.9 Å². The Labute approximate surface area is 214 Å². The number of fused-ring (bicyclic) bond motifs is 1. The molecule has 1 unspecified atom stereocenters. The number of nitrogens with zero attached hydrogens (tertiary/aromatic N) is 3. The van der Waals surface area contributed by atoms with Crippen LogP contribution in [0, 0.1) is 0 Å². The van der Waals surface area contributed by atoms with Crippen LogP contribution in [0.3, 0.4) is 0 Å². The molecule has 10 heteroatoms. The van der Waals surface area contributed by atoms with Crippen molar-refractivity contribution in [3.05, 3.63) is 71.8 Å². The van der Waals surface area contributed by atoms with Gasteiger partial charge in [-0.1, -0.05) is 30.3 Å². The Balaban J connectivity index is 1.41. The molecular weight excluding hydrogens is 474 g/mol. The monoisotopic (exact) mass is 503 g/mol. The molecule has 1 aliphatic heterocycles. The molecule has 2 aliphatic rings. The van der Waals surface area contributed by atoms with E-state index in [0.29, 0.717) is 17.2 Å². The van der Waals surface area contributed by atoms with Crippen molar-refractivity contribution in [1.29, 1.82) is 0 Å². The van der Waals surface area contributed by atoms with Gasteiger partial charge in [-0.15, -0.1) is 0 Å². The van der Waals surface area contributed by atoms with E-state index in [1.54, 1.807) is 47.8 Å². The Morgan fingerprint density at radius 1 is 1.05 bits per heavy atom. The highest BCUT2D eigenvalue weighted by molar-refractivity contribution is 6.12. The number of amides is 3. The number of ether oxygens (including phenoxy) is 2. The van der Waals surface area contributed by atoms with Gasteiger partial charge >= 0.3 is 0 Å². The Morgan fingerprint density at radius 2 is 1.73 bits per heavy atom. The summed E-state index contributed by atoms with van der Waals surface area (Å²) in [7, 11) is 3.10. The Morgan fingerprint density at radius 3 is 2.43 bits per heavy atom. The molecule has 1 saturated carbocycles. The summed E-state index contributed by atoms with van der Waals surface area (Å²) in [5.41, 5.74) is 0.345. The summed E-state index contributed by atoms with van der Waals surface area (Å²) in [6.07, 6.45) is 3.05. The van der Waals surface area contributed by atoms with E-state index < -0.39 is 11.4 Å². The van der Waals surface area contributed by atoms with E-state index in [2.05, 4.69) is 15.6 Å². The summed E-state index contributed by atoms with van der Waals surface area (Å²) in [4.78, 5) is 46.4. The SMILES string of the molecule is COc1ccccc1CNC(=O)C1(C)Cn2cnc(C(=O)Nc3ccccc3OC)c2C(=O)N1C1CC1. The molecule has 0 saturated heterocycles. The van der Waals surface area contributed by atoms with Crippen molar-refractivity contribution >= 4 is 23.4 Å². The van der Waals surface area contributed by atoms with E-state index in [-0.39, 0.29) is 42.3 Å². The summed E-state index contributed by atoms with van der Waals surface area (Å²) in [6.45, 7) is 2.20. The number of carbonyl (C=O) groups is 3. The van der Waals surface area contributed by atoms with Crippen molar-refractivity contribution in [3.63, 3.8) is 0 Å². The highest BCUT2D eigenvalue weighted by Crippen LogP contribution is 2.39. The number of anilines is 1. The fraction of sp³-hybridized carbons (Fsp3) is 0.333. The lowest BCUT2D eigenvalue weighted by molar-refractivity contribution is -0.133. The molecule has 1 fully saturated rings. The van der Waals surface area contributed by atoms with Crippen molar-refractivity contribution in [2.45, 2.75) is 44.4 Å². The number of para-hydroxylation sites is 3. The van der Waals surface area contributed by atoms with E-state index in [1.807, 2.05) is 24.3 Å². The zero-order valence-corrected chi connectivity index (χ0v) is 21.0. The normalized spacial score (nSPS) is 18.7. The van der Waals surface area contributed by atoms with Crippen molar-refractivity contribution in [3.8, 4) is 11.5 Å². The fourth-order valence-electron chi connectivity index (χ4n) is 4.87. The molecule has 10 nitrogen and oxygen atoms in total. The summed E-state index contributed by atoms with van der Waals surface area (Å²) in [5, 5.41) is 5.77. The average Bonchev–Trinajstić information content (AvgIpc) is 3.64. The van der Waals surface area contributed by atoms with Crippen molar-refractivity contribution in [2.75, 3.05) is 19.5 Å². The first kappa shape index (κ1) is 24.4. The highest BCUT2D eigenvalue weighted by Gasteiger charge is 2.53. The number of imidazole rings is 1. The molecule has 1 aliphatic carbocycles. The summed E-state index contributed by atoms with van der Waals surface area (Å²) < 4.78 is 12.3. The number of hydrogen-bond donors (Lipinski definition) is 2. The van der Waals surface area contributed by atoms with Gasteiger partial charge in [0.1, 0.15) is 22.7 Å². The molecule has 2 heterocycles. The number of hydrogen-bond acceptors (Lipinski definition) is 6. The molecule has 3 aromatic rings. The topological polar surface area (TPSA) is 115 Å². The first-order chi connectivity index (χ1) is 17.9. The predicted octanol–water partition coefficient (Wildman–Crippen LogP) is 2.85. The second-order valence-electron chi connectivity index (χ2n) is 9.40. The number of carbonyl (C=O) groups excluding carboxylic acids is 3. The number of methoxy groups -OCH3 is 2. The second-order valence-corrected chi connectivity index (χ2v) is 9.40. The van der Waals surface area contributed by atoms with Crippen LogP contribution >= 0.6 is 0 Å². The molecule has 1 aromatic heterocycles. The lowest BCUT2D eigenvalue weighted by Crippen LogP contribution is -2.64. The standard InChI is InChI=1S/C27H29N5O5/c1-27(26(35)28-14-17-8-4-6-10-20(17)36-2)15-31-16-29-22(23(31)25(34)32(27)18-12-13-18)24(33)30-19-9-5-7-11-21(19)37-3/h4-11,16,18H,12-15H2,1-3H3,(H,28,35)(H,30,33). The van der Waals surface area contributed by atoms with Gasteiger partial charge in [0.15, 0.2) is 5.69 Å². The fourth-order valence-corrected chi connectivity index (χ4v) is 4.87. The number of rotatable bonds is 8. The molecule has 0 radical (unpaired) electrons. The molecule has 3 amide bonds. The third kappa shape index (κ3) is 4.39. The zero-order valence-electron chi connectivity index (χ0n) is 21.0. The van der Waals surface area contributed by atoms with E-state index in [1.165, 1.54) is 13.4 Å². The molecule has 37 heavy (non-hydrogen) atoms. The quantitative estimate of drug-likeness (QED) is 0.489. The van der Waals surface area contributed by atoms with Crippen LogP contribution in [0.25, 0.3) is 0 Å². The van der Waals surface area contributed by atoms with E-state index in [9.17, 15) is 14.4 Å². The van der Waals surface area contributed by atoms with Crippen molar-refractivity contribution in [1.82, 2.24) is 19.8 Å². The highest BCUT2D eigenvalue weighted by atomic mass is 16.5. The smallest absolute Gasteiger partial charge is 0.276 e. The van der Waals surface area contributed by atoms with Crippen LogP contribution in [0.5, 0.6) is 11.5 Å². The van der Waals surface area contributed by atoms with Crippen LogP contribution in [0.1, 0.15) is 46.3 Å². The molecule has 5 rings (SSSR count). The average molecular weight is 504 g/mol. The minimum atomic E-state index is -1.15. The maximum Gasteiger partial charge on any atom is 0.276 e. The van der Waals surface area contributed by atoms with E-state index in [0.717, 1.165) is 18.4 Å². The molecule has 1 atom stereocenters. The van der Waals surface area contributed by atoms with E-state index >= 15 is 0 Å². The van der Waals surface area contributed by atoms with Gasteiger partial charge in [0, 0.05) is 18.2 Å². The molecule has 192 valence electrons. The van der Waals surface area contributed by atoms with Crippen LogP contribution in [-0.4, -0.2) is 58.0 Å². The van der Waals surface area contributed by atoms with Gasteiger partial charge in [-0.05, 0) is 38.0 Å². The van der Waals surface area contributed by atoms with Gasteiger partial charge in [-0.25, -0.2) is 4.98 Å². The molecule has 2 aromatic carbocycles. The maximum atomic E-state index is 13.8. The second kappa shape index (κ2) is 9.61. The number of aromatic nitrogens is 2. The Kier molecular flexibility index (Phi) is 6.32. The van der Waals surface area contributed by atoms with Gasteiger partial charge < -0.3 is 29.6 Å². The first-order valence-corrected chi connectivity index (χ1v) is 12.1. The van der Waals surface area contributed by atoms with Crippen LogP contribution in [0.2, 0.25) is 0 Å². The van der Waals surface area contributed by atoms with Gasteiger partial charge in [0.25, 0.3) is 11.8 Å². The molecule has 0 bridgehead atoms. The molecule has 0 spiro atoms. The number of nitrogens with one attached hydrogen (secondary N) is 2. The maximum absolute atomic E-state index is 13.8. The minimum Gasteiger partial charge on any atom is -0.496 e. The van der Waals surface area contributed by atoms with E-state index in [4.69, 9.17) is 9.47 Å². The summed E-state index contributed by atoms with van der Waals surface area (Å²) in [5.74, 6) is -0.0144. The summed E-state index contributed by atoms with van der Waals surface area (Å²) in [6, 6.07) is 14.4. The minimum absolute atomic E-state index is 0.0121. The number of benzene rings is 2.